The molecule has 7 aromatic rings. The van der Waals surface area contributed by atoms with Crippen molar-refractivity contribution in [1.29, 1.82) is 0 Å². The Morgan fingerprint density at radius 2 is 1.27 bits per heavy atom. The molecule has 7 aromatic carbocycles. The first-order valence-corrected chi connectivity index (χ1v) is 38.9. The van der Waals surface area contributed by atoms with Crippen LogP contribution in [0.2, 0.25) is 0 Å². The third-order valence-corrected chi connectivity index (χ3v) is 21.3. The molecule has 17 nitrogen and oxygen atoms in total. The number of likely N-dealkylation sites (tertiary alicyclic amines) is 1. The predicted octanol–water partition coefficient (Wildman–Crippen LogP) is 15.9. The number of piperidine rings is 1. The maximum atomic E-state index is 13.3. The van der Waals surface area contributed by atoms with E-state index >= 15 is 0 Å². The number of nitrogens with one attached hydrogen (secondary N) is 2. The molecule has 5 atom stereocenters. The largest absolute Gasteiger partial charge is 0.494 e. The van der Waals surface area contributed by atoms with Crippen molar-refractivity contribution >= 4 is 81.5 Å². The number of Topliss-reactive ketones (excluding diaryl/α,β-unsaturated/α-hetero) is 4. The minimum atomic E-state index is -1.28. The van der Waals surface area contributed by atoms with E-state index in [1.54, 1.807) is 84.2 Å². The molecule has 22 heteroatoms. The van der Waals surface area contributed by atoms with Gasteiger partial charge in [-0.3, -0.25) is 43.8 Å². The second kappa shape index (κ2) is 42.9. The number of para-hydroxylation sites is 1. The smallest absolute Gasteiger partial charge is 0.299 e. The van der Waals surface area contributed by atoms with Gasteiger partial charge in [-0.15, -0.1) is 11.8 Å². The highest BCUT2D eigenvalue weighted by Crippen LogP contribution is 2.40. The van der Waals surface area contributed by atoms with Crippen LogP contribution in [-0.4, -0.2) is 151 Å². The van der Waals surface area contributed by atoms with Gasteiger partial charge in [-0.25, -0.2) is 8.78 Å². The number of aryl methyl sites for hydroxylation is 1. The second-order valence-electron chi connectivity index (χ2n) is 26.9. The molecule has 0 spiro atoms. The van der Waals surface area contributed by atoms with Crippen LogP contribution in [0.25, 0.3) is 0 Å². The summed E-state index contributed by atoms with van der Waals surface area (Å²) >= 11 is 13.8. The molecular formula is C85H100Cl2F2N6O11S. The van der Waals surface area contributed by atoms with E-state index in [2.05, 4.69) is 41.2 Å². The monoisotopic (exact) mass is 1520 g/mol. The molecule has 3 fully saturated rings. The van der Waals surface area contributed by atoms with Crippen LogP contribution in [0.4, 0.5) is 14.5 Å². The second-order valence-corrected chi connectivity index (χ2v) is 28.8. The minimum absolute atomic E-state index is 0.0221. The highest BCUT2D eigenvalue weighted by Gasteiger charge is 2.47. The number of ketones is 4. The van der Waals surface area contributed by atoms with Crippen LogP contribution in [0, 0.1) is 24.5 Å². The number of unbranched alkanes of at least 4 members (excludes halogenated alkanes) is 5. The number of benzene rings is 7. The fraction of sp³-hybridized carbons (Fsp3) is 0.400. The zero-order valence-corrected chi connectivity index (χ0v) is 64.4. The molecule has 0 bridgehead atoms. The molecule has 3 N–H and O–H groups in total. The molecule has 570 valence electrons. The number of amides is 3. The van der Waals surface area contributed by atoms with Gasteiger partial charge in [0.1, 0.15) is 52.3 Å². The Bertz CT molecular complexity index is 4060. The number of halogens is 4. The highest BCUT2D eigenvalue weighted by molar-refractivity contribution is 7.99. The first-order valence-electron chi connectivity index (χ1n) is 37.1. The normalized spacial score (nSPS) is 19.0. The number of carbonyl (C=O) groups is 7. The molecule has 12 rings (SSSR count). The maximum Gasteiger partial charge on any atom is 0.299 e. The number of hydrogen-bond acceptors (Lipinski definition) is 15. The van der Waals surface area contributed by atoms with Crippen molar-refractivity contribution in [2.24, 2.45) is 5.92 Å². The number of aliphatic hydroxyl groups is 1. The van der Waals surface area contributed by atoms with Gasteiger partial charge >= 0.3 is 0 Å². The van der Waals surface area contributed by atoms with Gasteiger partial charge in [0.05, 0.1) is 53.4 Å². The first kappa shape index (κ1) is 84.2. The van der Waals surface area contributed by atoms with Gasteiger partial charge in [0, 0.05) is 74.7 Å². The SMILES string of the molecule is CC(=O)C1CSC(c2ccc(OCc3ccc(F)cc3)cc2)N1.CCCCCCN1C(=O)C(=O)c2ccccc21.CCCCN1C(=O)C(Cl)=C(Cl)C1NC(=O)c1ccccc1.CCCCOc1ccc(C(=O)CCN2CCOCC2)cc1.CCN1CCC(O)(c2ccc(F)cc2)C(C(=O)c2ccc(C)cc2)C1. The van der Waals surface area contributed by atoms with E-state index in [-0.39, 0.29) is 74.0 Å². The van der Waals surface area contributed by atoms with Crippen molar-refractivity contribution < 1.29 is 61.7 Å². The zero-order chi connectivity index (χ0) is 76.8. The van der Waals surface area contributed by atoms with Gasteiger partial charge in [0.25, 0.3) is 23.5 Å². The molecule has 0 aliphatic carbocycles. The van der Waals surface area contributed by atoms with Crippen LogP contribution < -0.4 is 25.0 Å². The lowest BCUT2D eigenvalue weighted by Gasteiger charge is -2.44. The van der Waals surface area contributed by atoms with Crippen LogP contribution in [0.5, 0.6) is 11.5 Å². The van der Waals surface area contributed by atoms with Gasteiger partial charge in [-0.2, -0.15) is 0 Å². The van der Waals surface area contributed by atoms with Gasteiger partial charge in [0.2, 0.25) is 0 Å². The summed E-state index contributed by atoms with van der Waals surface area (Å²) in [5, 5.41) is 17.8. The average molecular weight is 1520 g/mol. The van der Waals surface area contributed by atoms with Crippen LogP contribution in [0.3, 0.4) is 0 Å². The molecule has 5 heterocycles. The Morgan fingerprint density at radius 1 is 0.654 bits per heavy atom. The maximum absolute atomic E-state index is 13.3. The van der Waals surface area contributed by atoms with Crippen LogP contribution in [-0.2, 0) is 31.3 Å². The van der Waals surface area contributed by atoms with Crippen molar-refractivity contribution in [3.63, 3.8) is 0 Å². The molecule has 107 heavy (non-hydrogen) atoms. The summed E-state index contributed by atoms with van der Waals surface area (Å²) in [4.78, 5) is 92.1. The molecule has 5 aliphatic heterocycles. The molecule has 5 aliphatic rings. The number of thioether (sulfide) groups is 1. The number of rotatable bonds is 27. The standard InChI is InChI=1S/C21H24FNO2.C18H18FNO2S.C17H25NO3.C15H16Cl2N2O2.C14H17NO2/c1-3-23-13-12-21(25,17-8-10-18(22)11-9-17)19(14-23)20(24)16-6-4-15(2)5-7-16;1-12(21)17-11-23-18(20-17)14-4-8-16(9-5-14)22-10-13-2-6-15(19)7-3-13;1-2-3-12-21-16-6-4-15(5-7-16)17(19)8-9-18-10-13-20-14-11-18;1-2-3-9-19-13(11(16)12(17)15(19)21)18-14(20)10-7-5-4-6-8-10;1-2-3-4-7-10-15-12-9-6-5-8-11(12)13(16)14(15)17/h4-11,19,25H,3,12-14H2,1-2H3;2-9,17-18,20H,10-11H2,1H3;4-7H,2-3,8-14H2,1H3;4-8,13H,2-3,9H2,1H3,(H,18,20);5-6,8-9H,2-4,7,10H2,1H3. The summed E-state index contributed by atoms with van der Waals surface area (Å²) in [5.74, 6) is 0.190. The van der Waals surface area contributed by atoms with Crippen LogP contribution >= 0.6 is 35.0 Å². The first-order chi connectivity index (χ1) is 51.7. The Labute approximate surface area is 642 Å². The summed E-state index contributed by atoms with van der Waals surface area (Å²) in [6.07, 6.45) is 8.67. The quantitative estimate of drug-likeness (QED) is 0.0249. The van der Waals surface area contributed by atoms with E-state index in [1.807, 2.05) is 105 Å². The number of morpholine rings is 1. The summed E-state index contributed by atoms with van der Waals surface area (Å²) in [5.41, 5.74) is 5.68. The van der Waals surface area contributed by atoms with E-state index in [0.717, 1.165) is 130 Å². The topological polar surface area (TPSA) is 204 Å². The highest BCUT2D eigenvalue weighted by atomic mass is 35.5. The molecular weight excluding hydrogens is 1420 g/mol. The van der Waals surface area contributed by atoms with E-state index in [1.165, 1.54) is 42.0 Å². The summed E-state index contributed by atoms with van der Waals surface area (Å²) in [6.45, 7) is 20.5. The summed E-state index contributed by atoms with van der Waals surface area (Å²) < 4.78 is 42.8. The molecule has 3 amide bonds. The van der Waals surface area contributed by atoms with Gasteiger partial charge in [-0.05, 0) is 148 Å². The van der Waals surface area contributed by atoms with Gasteiger partial charge < -0.3 is 39.3 Å². The number of nitrogens with zero attached hydrogens (tertiary/aromatic N) is 4. The number of carbonyl (C=O) groups excluding carboxylic acids is 7. The van der Waals surface area contributed by atoms with Crippen LogP contribution in [0.1, 0.15) is 168 Å². The van der Waals surface area contributed by atoms with Crippen LogP contribution in [0.15, 0.2) is 186 Å². The summed E-state index contributed by atoms with van der Waals surface area (Å²) in [6, 6.07) is 50.9. The molecule has 0 aromatic heterocycles. The van der Waals surface area contributed by atoms with Crippen molar-refractivity contribution in [3.05, 3.63) is 242 Å². The van der Waals surface area contributed by atoms with E-state index < -0.39 is 17.7 Å². The summed E-state index contributed by atoms with van der Waals surface area (Å²) in [7, 11) is 0. The molecule has 0 radical (unpaired) electrons. The lowest BCUT2D eigenvalue weighted by molar-refractivity contribution is -0.126. The lowest BCUT2D eigenvalue weighted by Crippen LogP contribution is -2.53. The number of hydrogen-bond donors (Lipinski definition) is 3. The molecule has 5 unspecified atom stereocenters. The van der Waals surface area contributed by atoms with Crippen molar-refractivity contribution in [2.45, 2.75) is 136 Å². The Balaban J connectivity index is 0.000000170. The Hall–Kier alpha value is -8.44. The van der Waals surface area contributed by atoms with E-state index in [9.17, 15) is 47.4 Å². The lowest BCUT2D eigenvalue weighted by atomic mass is 9.72. The molecule has 3 saturated heterocycles. The fourth-order valence-corrected chi connectivity index (χ4v) is 14.3. The van der Waals surface area contributed by atoms with Crippen molar-refractivity contribution in [3.8, 4) is 11.5 Å². The number of ether oxygens (including phenoxy) is 3. The third-order valence-electron chi connectivity index (χ3n) is 19.1. The van der Waals surface area contributed by atoms with E-state index in [0.29, 0.717) is 67.9 Å². The van der Waals surface area contributed by atoms with E-state index in [4.69, 9.17) is 37.4 Å². The average Bonchev–Trinajstić information content (AvgIpc) is 1.35. The fourth-order valence-electron chi connectivity index (χ4n) is 12.5. The number of anilines is 1. The van der Waals surface area contributed by atoms with Gasteiger partial charge in [-0.1, -0.05) is 180 Å². The third kappa shape index (κ3) is 24.5. The van der Waals surface area contributed by atoms with Crippen molar-refractivity contribution in [1.82, 2.24) is 25.3 Å². The van der Waals surface area contributed by atoms with Gasteiger partial charge in [0.15, 0.2) is 11.6 Å². The Kier molecular flexibility index (Phi) is 33.8. The zero-order valence-electron chi connectivity index (χ0n) is 62.1. The Morgan fingerprint density at radius 3 is 1.91 bits per heavy atom. The predicted molar refractivity (Wildman–Crippen MR) is 419 cm³/mol. The molecule has 0 saturated carbocycles. The van der Waals surface area contributed by atoms with Crippen molar-refractivity contribution in [2.75, 3.05) is 82.8 Å². The number of fused-ring (bicyclic) bond motifs is 1. The minimum Gasteiger partial charge on any atom is -0.494 e.